The third kappa shape index (κ3) is 2.85. The Morgan fingerprint density at radius 1 is 1.18 bits per heavy atom. The van der Waals surface area contributed by atoms with Gasteiger partial charge in [0.15, 0.2) is 0 Å². The summed E-state index contributed by atoms with van der Waals surface area (Å²) in [5.41, 5.74) is 0.0643. The van der Waals surface area contributed by atoms with E-state index in [0.29, 0.717) is 19.4 Å². The van der Waals surface area contributed by atoms with Gasteiger partial charge in [-0.15, -0.1) is 0 Å². The summed E-state index contributed by atoms with van der Waals surface area (Å²) in [5.74, 6) is 0.147. The lowest BCUT2D eigenvalue weighted by molar-refractivity contribution is -0.137. The van der Waals surface area contributed by atoms with Crippen LogP contribution < -0.4 is 5.32 Å². The highest BCUT2D eigenvalue weighted by atomic mass is 19.4. The van der Waals surface area contributed by atoms with Crippen molar-refractivity contribution in [3.63, 3.8) is 0 Å². The number of carbonyl (C=O) groups excluding carboxylic acids is 1. The van der Waals surface area contributed by atoms with Crippen molar-refractivity contribution in [2.45, 2.75) is 25.1 Å². The molecule has 1 unspecified atom stereocenters. The molecule has 1 aliphatic rings. The lowest BCUT2D eigenvalue weighted by atomic mass is 9.96. The number of alkyl halides is 3. The average molecular weight is 243 g/mol. The summed E-state index contributed by atoms with van der Waals surface area (Å²) in [4.78, 5) is 11.3. The van der Waals surface area contributed by atoms with Crippen LogP contribution in [0.3, 0.4) is 0 Å². The van der Waals surface area contributed by atoms with Crippen molar-refractivity contribution in [2.75, 3.05) is 6.54 Å². The third-order valence-corrected chi connectivity index (χ3v) is 2.87. The lowest BCUT2D eigenvalue weighted by Crippen LogP contribution is -2.31. The van der Waals surface area contributed by atoms with Gasteiger partial charge in [-0.2, -0.15) is 13.2 Å². The molecule has 0 aliphatic carbocycles. The largest absolute Gasteiger partial charge is 0.416 e. The van der Waals surface area contributed by atoms with Crippen LogP contribution >= 0.6 is 0 Å². The number of Topliss-reactive ketones (excluding diaryl/α,β-unsaturated/α-hetero) is 1. The van der Waals surface area contributed by atoms with E-state index in [1.54, 1.807) is 0 Å². The van der Waals surface area contributed by atoms with Gasteiger partial charge in [-0.25, -0.2) is 0 Å². The Bertz CT molecular complexity index is 411. The molecular weight excluding hydrogens is 231 g/mol. The monoisotopic (exact) mass is 243 g/mol. The Morgan fingerprint density at radius 2 is 1.82 bits per heavy atom. The zero-order valence-electron chi connectivity index (χ0n) is 9.05. The second-order valence-electron chi connectivity index (χ2n) is 4.12. The summed E-state index contributed by atoms with van der Waals surface area (Å²) < 4.78 is 37.1. The number of carbonyl (C=O) groups is 1. The number of benzene rings is 1. The SMILES string of the molecule is O=C1CCNC(c2ccc(C(F)(F)F)cc2)C1. The second-order valence-corrected chi connectivity index (χ2v) is 4.12. The van der Waals surface area contributed by atoms with Crippen LogP contribution in [0.5, 0.6) is 0 Å². The zero-order valence-corrected chi connectivity index (χ0v) is 9.05. The molecule has 0 amide bonds. The smallest absolute Gasteiger partial charge is 0.309 e. The van der Waals surface area contributed by atoms with Crippen molar-refractivity contribution in [3.05, 3.63) is 35.4 Å². The minimum atomic E-state index is -4.31. The molecule has 1 aromatic carbocycles. The average Bonchev–Trinajstić information content (AvgIpc) is 2.28. The molecule has 1 saturated heterocycles. The Hall–Kier alpha value is -1.36. The predicted molar refractivity (Wildman–Crippen MR) is 56.4 cm³/mol. The number of hydrogen-bond acceptors (Lipinski definition) is 2. The van der Waals surface area contributed by atoms with E-state index in [-0.39, 0.29) is 11.8 Å². The number of nitrogens with one attached hydrogen (secondary N) is 1. The van der Waals surface area contributed by atoms with Gasteiger partial charge in [0.25, 0.3) is 0 Å². The van der Waals surface area contributed by atoms with Crippen molar-refractivity contribution >= 4 is 5.78 Å². The van der Waals surface area contributed by atoms with Gasteiger partial charge in [-0.3, -0.25) is 4.79 Å². The van der Waals surface area contributed by atoms with E-state index in [9.17, 15) is 18.0 Å². The first-order valence-electron chi connectivity index (χ1n) is 5.39. The van der Waals surface area contributed by atoms with Gasteiger partial charge in [0.2, 0.25) is 0 Å². The van der Waals surface area contributed by atoms with Crippen LogP contribution in [0, 0.1) is 0 Å². The Kier molecular flexibility index (Phi) is 3.19. The number of rotatable bonds is 1. The Morgan fingerprint density at radius 3 is 2.35 bits per heavy atom. The number of halogens is 3. The summed E-state index contributed by atoms with van der Waals surface area (Å²) in [6, 6.07) is 4.81. The van der Waals surface area contributed by atoms with Crippen LogP contribution in [0.4, 0.5) is 13.2 Å². The summed E-state index contributed by atoms with van der Waals surface area (Å²) in [6.07, 6.45) is -3.46. The van der Waals surface area contributed by atoms with Crippen molar-refractivity contribution in [3.8, 4) is 0 Å². The van der Waals surface area contributed by atoms with E-state index in [1.807, 2.05) is 0 Å². The fraction of sp³-hybridized carbons (Fsp3) is 0.417. The molecule has 17 heavy (non-hydrogen) atoms. The van der Waals surface area contributed by atoms with Crippen LogP contribution in [0.2, 0.25) is 0 Å². The molecule has 2 rings (SSSR count). The van der Waals surface area contributed by atoms with Crippen molar-refractivity contribution < 1.29 is 18.0 Å². The number of hydrogen-bond donors (Lipinski definition) is 1. The second kappa shape index (κ2) is 4.49. The minimum Gasteiger partial charge on any atom is -0.309 e. The highest BCUT2D eigenvalue weighted by Gasteiger charge is 2.30. The molecule has 1 fully saturated rings. The maximum absolute atomic E-state index is 12.4. The van der Waals surface area contributed by atoms with Gasteiger partial charge >= 0.3 is 6.18 Å². The van der Waals surface area contributed by atoms with Crippen molar-refractivity contribution in [1.29, 1.82) is 0 Å². The quantitative estimate of drug-likeness (QED) is 0.821. The normalized spacial score (nSPS) is 21.6. The summed E-state index contributed by atoms with van der Waals surface area (Å²) in [5, 5.41) is 3.12. The van der Waals surface area contributed by atoms with Gasteiger partial charge in [-0.05, 0) is 17.7 Å². The molecule has 92 valence electrons. The topological polar surface area (TPSA) is 29.1 Å². The fourth-order valence-electron chi connectivity index (χ4n) is 1.93. The first-order valence-corrected chi connectivity index (χ1v) is 5.39. The van der Waals surface area contributed by atoms with E-state index in [1.165, 1.54) is 12.1 Å². The van der Waals surface area contributed by atoms with Crippen LogP contribution in [-0.2, 0) is 11.0 Å². The van der Waals surface area contributed by atoms with E-state index in [0.717, 1.165) is 17.7 Å². The van der Waals surface area contributed by atoms with Gasteiger partial charge in [-0.1, -0.05) is 12.1 Å². The number of piperidine rings is 1. The van der Waals surface area contributed by atoms with E-state index in [2.05, 4.69) is 5.32 Å². The summed E-state index contributed by atoms with van der Waals surface area (Å²) in [7, 11) is 0. The standard InChI is InChI=1S/C12H12F3NO/c13-12(14,15)9-3-1-8(2-4-9)11-7-10(17)5-6-16-11/h1-4,11,16H,5-7H2. The first-order chi connectivity index (χ1) is 7.97. The molecule has 1 atom stereocenters. The Labute approximate surface area is 96.8 Å². The van der Waals surface area contributed by atoms with Gasteiger partial charge in [0.05, 0.1) is 5.56 Å². The fourth-order valence-corrected chi connectivity index (χ4v) is 1.93. The highest BCUT2D eigenvalue weighted by molar-refractivity contribution is 5.80. The van der Waals surface area contributed by atoms with Gasteiger partial charge in [0, 0.05) is 25.4 Å². The molecule has 2 nitrogen and oxygen atoms in total. The van der Waals surface area contributed by atoms with Crippen LogP contribution in [0.25, 0.3) is 0 Å². The maximum Gasteiger partial charge on any atom is 0.416 e. The van der Waals surface area contributed by atoms with Crippen molar-refractivity contribution in [2.24, 2.45) is 0 Å². The van der Waals surface area contributed by atoms with Gasteiger partial charge < -0.3 is 5.32 Å². The maximum atomic E-state index is 12.4. The molecule has 0 spiro atoms. The Balaban J connectivity index is 2.15. The molecule has 0 aromatic heterocycles. The van der Waals surface area contributed by atoms with E-state index < -0.39 is 11.7 Å². The van der Waals surface area contributed by atoms with Crippen LogP contribution in [-0.4, -0.2) is 12.3 Å². The molecule has 1 aliphatic heterocycles. The third-order valence-electron chi connectivity index (χ3n) is 2.87. The molecule has 0 radical (unpaired) electrons. The summed E-state index contributed by atoms with van der Waals surface area (Å²) >= 11 is 0. The van der Waals surface area contributed by atoms with Crippen LogP contribution in [0.15, 0.2) is 24.3 Å². The van der Waals surface area contributed by atoms with Gasteiger partial charge in [0.1, 0.15) is 5.78 Å². The highest BCUT2D eigenvalue weighted by Crippen LogP contribution is 2.30. The van der Waals surface area contributed by atoms with Crippen LogP contribution in [0.1, 0.15) is 30.0 Å². The summed E-state index contributed by atoms with van der Waals surface area (Å²) in [6.45, 7) is 0.588. The predicted octanol–water partition coefficient (Wildman–Crippen LogP) is 2.70. The van der Waals surface area contributed by atoms with Crippen molar-refractivity contribution in [1.82, 2.24) is 5.32 Å². The molecule has 0 saturated carbocycles. The molecular formula is C12H12F3NO. The molecule has 0 bridgehead atoms. The first kappa shape index (κ1) is 12.1. The minimum absolute atomic E-state index is 0.147. The molecule has 1 heterocycles. The molecule has 5 heteroatoms. The van der Waals surface area contributed by atoms with E-state index >= 15 is 0 Å². The lowest BCUT2D eigenvalue weighted by Gasteiger charge is -2.23. The van der Waals surface area contributed by atoms with E-state index in [4.69, 9.17) is 0 Å². The molecule has 1 N–H and O–H groups in total. The zero-order chi connectivity index (χ0) is 12.5. The molecule has 1 aromatic rings. The number of ketones is 1.